The Morgan fingerprint density at radius 3 is 1.80 bits per heavy atom. The normalized spacial score (nSPS) is 33.9. The minimum atomic E-state index is -0.648. The lowest BCUT2D eigenvalue weighted by Gasteiger charge is -2.44. The molecule has 0 aromatic heterocycles. The number of hydrogen-bond acceptors (Lipinski definition) is 5. The molecular weight excluding hydrogens is 434 g/mol. The van der Waals surface area contributed by atoms with E-state index in [1.807, 2.05) is 0 Å². The molecule has 0 saturated heterocycles. The highest BCUT2D eigenvalue weighted by atomic mass is 16.3. The maximum Gasteiger partial charge on any atom is 0.0897 e. The minimum absolute atomic E-state index is 0.161. The van der Waals surface area contributed by atoms with Gasteiger partial charge in [-0.3, -0.25) is 0 Å². The fraction of sp³-hybridized carbons (Fsp3) is 1.00. The van der Waals surface area contributed by atoms with Gasteiger partial charge in [0.1, 0.15) is 0 Å². The Kier molecular flexibility index (Phi) is 11.7. The molecule has 5 heteroatoms. The van der Waals surface area contributed by atoms with E-state index in [4.69, 9.17) is 5.73 Å². The SMILES string of the molecule is NCCCN(CCCNC(CCC1CC2CCC1CC2)CCC1CC2CCC1CC2)CC(O)CO. The highest BCUT2D eigenvalue weighted by molar-refractivity contribution is 4.89. The van der Waals surface area contributed by atoms with Gasteiger partial charge in [-0.1, -0.05) is 25.7 Å². The van der Waals surface area contributed by atoms with Crippen molar-refractivity contribution >= 4 is 0 Å². The van der Waals surface area contributed by atoms with Gasteiger partial charge in [0.15, 0.2) is 0 Å². The van der Waals surface area contributed by atoms with Crippen LogP contribution >= 0.6 is 0 Å². The second-order valence-electron chi connectivity index (χ2n) is 13.0. The van der Waals surface area contributed by atoms with Crippen molar-refractivity contribution in [2.75, 3.05) is 39.3 Å². The van der Waals surface area contributed by atoms with E-state index in [2.05, 4.69) is 10.2 Å². The van der Waals surface area contributed by atoms with Gasteiger partial charge in [0, 0.05) is 12.6 Å². The highest BCUT2D eigenvalue weighted by Gasteiger charge is 2.37. The highest BCUT2D eigenvalue weighted by Crippen LogP contribution is 2.48. The van der Waals surface area contributed by atoms with Crippen molar-refractivity contribution in [1.29, 1.82) is 0 Å². The third-order valence-corrected chi connectivity index (χ3v) is 10.6. The van der Waals surface area contributed by atoms with Gasteiger partial charge in [-0.15, -0.1) is 0 Å². The second kappa shape index (κ2) is 14.7. The van der Waals surface area contributed by atoms with E-state index in [0.29, 0.717) is 19.1 Å². The lowest BCUT2D eigenvalue weighted by Crippen LogP contribution is -2.39. The quantitative estimate of drug-likeness (QED) is 0.224. The molecule has 0 spiro atoms. The molecule has 0 aliphatic heterocycles. The Bertz CT molecular complexity index is 540. The summed E-state index contributed by atoms with van der Waals surface area (Å²) < 4.78 is 0. The number of fused-ring (bicyclic) bond motifs is 6. The molecule has 6 aliphatic rings. The van der Waals surface area contributed by atoms with E-state index in [9.17, 15) is 10.2 Å². The third-order valence-electron chi connectivity index (χ3n) is 10.6. The van der Waals surface area contributed by atoms with Crippen LogP contribution in [0.3, 0.4) is 0 Å². The van der Waals surface area contributed by atoms with Crippen molar-refractivity contribution in [3.05, 3.63) is 0 Å². The average molecular weight is 492 g/mol. The van der Waals surface area contributed by atoms with Crippen LogP contribution in [0, 0.1) is 35.5 Å². The summed E-state index contributed by atoms with van der Waals surface area (Å²) in [7, 11) is 0. The van der Waals surface area contributed by atoms with Gasteiger partial charge in [-0.05, 0) is 139 Å². The molecule has 3 unspecified atom stereocenters. The molecule has 6 aliphatic carbocycles. The standard InChI is InChI=1S/C30H57N3O2/c31-15-1-17-33(21-30(35)22-34)18-2-16-32-29(13-11-27-19-23-3-7-25(27)8-4-23)14-12-28-20-24-5-9-26(28)10-6-24/h23-30,32,34-35H,1-22,31H2. The zero-order valence-corrected chi connectivity index (χ0v) is 22.6. The van der Waals surface area contributed by atoms with Crippen molar-refractivity contribution in [3.8, 4) is 0 Å². The lowest BCUT2D eigenvalue weighted by atomic mass is 9.63. The summed E-state index contributed by atoms with van der Waals surface area (Å²) in [5.41, 5.74) is 5.72. The number of nitrogens with two attached hydrogens (primary N) is 1. The molecule has 0 aromatic rings. The van der Waals surface area contributed by atoms with Crippen LogP contribution in [0.5, 0.6) is 0 Å². The van der Waals surface area contributed by atoms with Crippen LogP contribution in [0.1, 0.15) is 103 Å². The first-order valence-corrected chi connectivity index (χ1v) is 15.6. The predicted molar refractivity (Wildman–Crippen MR) is 145 cm³/mol. The summed E-state index contributed by atoms with van der Waals surface area (Å²) >= 11 is 0. The van der Waals surface area contributed by atoms with Gasteiger partial charge >= 0.3 is 0 Å². The first-order chi connectivity index (χ1) is 17.1. The largest absolute Gasteiger partial charge is 0.394 e. The van der Waals surface area contributed by atoms with Crippen molar-refractivity contribution in [2.24, 2.45) is 41.2 Å². The summed E-state index contributed by atoms with van der Waals surface area (Å²) in [5.74, 6) is 6.16. The van der Waals surface area contributed by atoms with Gasteiger partial charge in [0.05, 0.1) is 12.7 Å². The van der Waals surface area contributed by atoms with Crippen LogP contribution in [0.25, 0.3) is 0 Å². The van der Waals surface area contributed by atoms with Crippen LogP contribution in [0.15, 0.2) is 0 Å². The minimum Gasteiger partial charge on any atom is -0.394 e. The van der Waals surface area contributed by atoms with Gasteiger partial charge in [-0.25, -0.2) is 0 Å². The first kappa shape index (κ1) is 27.8. The van der Waals surface area contributed by atoms with E-state index in [1.54, 1.807) is 0 Å². The summed E-state index contributed by atoms with van der Waals surface area (Å²) in [6.45, 7) is 4.01. The van der Waals surface area contributed by atoms with E-state index >= 15 is 0 Å². The van der Waals surface area contributed by atoms with Crippen molar-refractivity contribution in [3.63, 3.8) is 0 Å². The number of rotatable bonds is 17. The molecule has 6 saturated carbocycles. The molecule has 35 heavy (non-hydrogen) atoms. The fourth-order valence-corrected chi connectivity index (χ4v) is 8.49. The Balaban J connectivity index is 1.22. The van der Waals surface area contributed by atoms with Gasteiger partial charge < -0.3 is 26.2 Å². The number of hydrogen-bond donors (Lipinski definition) is 4. The van der Waals surface area contributed by atoms with Crippen LogP contribution in [0.2, 0.25) is 0 Å². The molecule has 5 N–H and O–H groups in total. The third kappa shape index (κ3) is 8.67. The molecule has 6 rings (SSSR count). The molecule has 5 nitrogen and oxygen atoms in total. The summed E-state index contributed by atoms with van der Waals surface area (Å²) in [5, 5.41) is 23.2. The van der Waals surface area contributed by atoms with Crippen LogP contribution in [-0.4, -0.2) is 66.6 Å². The predicted octanol–water partition coefficient (Wildman–Crippen LogP) is 4.55. The van der Waals surface area contributed by atoms with Gasteiger partial charge in [-0.2, -0.15) is 0 Å². The number of aliphatic hydroxyl groups is 2. The Morgan fingerprint density at radius 2 is 1.34 bits per heavy atom. The molecule has 204 valence electrons. The topological polar surface area (TPSA) is 81.8 Å². The first-order valence-electron chi connectivity index (χ1n) is 15.6. The molecule has 0 aromatic carbocycles. The average Bonchev–Trinajstić information content (AvgIpc) is 2.91. The number of nitrogens with zero attached hydrogens (tertiary/aromatic N) is 1. The Morgan fingerprint density at radius 1 is 0.800 bits per heavy atom. The summed E-state index contributed by atoms with van der Waals surface area (Å²) in [6, 6.07) is 0.677. The van der Waals surface area contributed by atoms with Crippen LogP contribution < -0.4 is 11.1 Å². The molecule has 0 heterocycles. The Labute approximate surface area is 216 Å². The van der Waals surface area contributed by atoms with Crippen molar-refractivity contribution in [2.45, 2.75) is 115 Å². The second-order valence-corrected chi connectivity index (χ2v) is 13.0. The van der Waals surface area contributed by atoms with Crippen molar-refractivity contribution in [1.82, 2.24) is 10.2 Å². The summed E-state index contributed by atoms with van der Waals surface area (Å²) in [6.07, 6.45) is 22.2. The Hall–Kier alpha value is -0.200. The van der Waals surface area contributed by atoms with Gasteiger partial charge in [0.25, 0.3) is 0 Å². The molecule has 0 radical (unpaired) electrons. The number of nitrogens with one attached hydrogen (secondary N) is 1. The molecular formula is C30H57N3O2. The van der Waals surface area contributed by atoms with Crippen LogP contribution in [-0.2, 0) is 0 Å². The maximum atomic E-state index is 9.91. The van der Waals surface area contributed by atoms with E-state index in [0.717, 1.165) is 68.0 Å². The number of aliphatic hydroxyl groups excluding tert-OH is 2. The molecule has 6 fully saturated rings. The molecule has 3 atom stereocenters. The zero-order chi connectivity index (χ0) is 24.5. The lowest BCUT2D eigenvalue weighted by molar-refractivity contribution is 0.0584. The maximum absolute atomic E-state index is 9.91. The van der Waals surface area contributed by atoms with E-state index in [1.165, 1.54) is 89.9 Å². The van der Waals surface area contributed by atoms with Crippen molar-refractivity contribution < 1.29 is 10.2 Å². The van der Waals surface area contributed by atoms with Gasteiger partial charge in [0.2, 0.25) is 0 Å². The van der Waals surface area contributed by atoms with E-state index in [-0.39, 0.29) is 6.61 Å². The van der Waals surface area contributed by atoms with Crippen LogP contribution in [0.4, 0.5) is 0 Å². The zero-order valence-electron chi connectivity index (χ0n) is 22.6. The monoisotopic (exact) mass is 491 g/mol. The smallest absolute Gasteiger partial charge is 0.0897 e. The van der Waals surface area contributed by atoms with E-state index < -0.39 is 6.10 Å². The summed E-state index contributed by atoms with van der Waals surface area (Å²) in [4.78, 5) is 2.28. The fourth-order valence-electron chi connectivity index (χ4n) is 8.49. The molecule has 4 bridgehead atoms. The molecule has 0 amide bonds.